The quantitative estimate of drug-likeness (QED) is 0.722. The van der Waals surface area contributed by atoms with E-state index in [0.717, 1.165) is 45.9 Å². The van der Waals surface area contributed by atoms with Crippen molar-refractivity contribution in [3.63, 3.8) is 0 Å². The molecule has 3 atom stereocenters. The number of rotatable bonds is 4. The molecular formula is C21H40N6O. The Morgan fingerprint density at radius 1 is 0.750 bits per heavy atom. The average Bonchev–Trinajstić information content (AvgIpc) is 3.49. The van der Waals surface area contributed by atoms with Crippen molar-refractivity contribution in [1.82, 2.24) is 30.5 Å². The lowest BCUT2D eigenvalue weighted by molar-refractivity contribution is -0.309. The van der Waals surface area contributed by atoms with E-state index in [1.807, 2.05) is 0 Å². The first-order valence-corrected chi connectivity index (χ1v) is 12.0. The Morgan fingerprint density at radius 3 is 2.21 bits per heavy atom. The minimum absolute atomic E-state index is 0.0709. The number of morpholine rings is 1. The Balaban J connectivity index is 1.56. The standard InChI is InChI=1S/C21H40N6O/c1-2-13-26(14-3-1)27-17-18-28-20(24-11-4-5-12-24)21(27,19-7-6-8-23-19)25-15-9-22-10-16-25/h19-20,22-23H,1-18H2. The van der Waals surface area contributed by atoms with Gasteiger partial charge in [-0.05, 0) is 45.1 Å². The van der Waals surface area contributed by atoms with Crippen LogP contribution >= 0.6 is 0 Å². The number of piperidine rings is 1. The number of hydrogen-bond donors (Lipinski definition) is 2. The molecule has 5 saturated heterocycles. The highest BCUT2D eigenvalue weighted by Gasteiger charge is 2.60. The first-order chi connectivity index (χ1) is 13.9. The van der Waals surface area contributed by atoms with Crippen molar-refractivity contribution in [3.8, 4) is 0 Å². The van der Waals surface area contributed by atoms with Crippen molar-refractivity contribution >= 4 is 0 Å². The molecule has 0 saturated carbocycles. The van der Waals surface area contributed by atoms with E-state index in [-0.39, 0.29) is 11.9 Å². The van der Waals surface area contributed by atoms with Gasteiger partial charge in [0.05, 0.1) is 6.61 Å². The van der Waals surface area contributed by atoms with Crippen LogP contribution in [0.3, 0.4) is 0 Å². The van der Waals surface area contributed by atoms with Gasteiger partial charge >= 0.3 is 0 Å². The normalized spacial score (nSPS) is 40.3. The molecule has 160 valence electrons. The third-order valence-corrected chi connectivity index (χ3v) is 7.70. The second-order valence-electron chi connectivity index (χ2n) is 9.27. The average molecular weight is 393 g/mol. The van der Waals surface area contributed by atoms with Gasteiger partial charge in [-0.1, -0.05) is 6.42 Å². The molecule has 7 heteroatoms. The minimum Gasteiger partial charge on any atom is -0.358 e. The summed E-state index contributed by atoms with van der Waals surface area (Å²) >= 11 is 0. The predicted molar refractivity (Wildman–Crippen MR) is 111 cm³/mol. The van der Waals surface area contributed by atoms with Gasteiger partial charge in [-0.25, -0.2) is 10.0 Å². The number of nitrogens with one attached hydrogen (secondary N) is 2. The lowest BCUT2D eigenvalue weighted by Crippen LogP contribution is -2.83. The Labute approximate surface area is 170 Å². The second kappa shape index (κ2) is 8.84. The highest BCUT2D eigenvalue weighted by molar-refractivity contribution is 5.09. The summed E-state index contributed by atoms with van der Waals surface area (Å²) in [4.78, 5) is 5.49. The molecule has 0 spiro atoms. The van der Waals surface area contributed by atoms with Crippen molar-refractivity contribution in [3.05, 3.63) is 0 Å². The van der Waals surface area contributed by atoms with Gasteiger partial charge in [0.25, 0.3) is 0 Å². The van der Waals surface area contributed by atoms with Crippen LogP contribution in [-0.2, 0) is 4.74 Å². The smallest absolute Gasteiger partial charge is 0.145 e. The van der Waals surface area contributed by atoms with E-state index in [0.29, 0.717) is 6.04 Å². The molecule has 0 aliphatic carbocycles. The van der Waals surface area contributed by atoms with E-state index in [1.54, 1.807) is 0 Å². The van der Waals surface area contributed by atoms with Gasteiger partial charge in [0, 0.05) is 64.9 Å². The molecule has 0 aromatic rings. The number of piperazine rings is 1. The number of hydrogen-bond acceptors (Lipinski definition) is 7. The second-order valence-corrected chi connectivity index (χ2v) is 9.27. The summed E-state index contributed by atoms with van der Waals surface area (Å²) in [5.41, 5.74) is -0.0709. The van der Waals surface area contributed by atoms with Crippen LogP contribution in [0.4, 0.5) is 0 Å². The summed E-state index contributed by atoms with van der Waals surface area (Å²) in [6.07, 6.45) is 9.43. The summed E-state index contributed by atoms with van der Waals surface area (Å²) in [5, 5.41) is 13.1. The van der Waals surface area contributed by atoms with Crippen molar-refractivity contribution in [2.45, 2.75) is 62.9 Å². The van der Waals surface area contributed by atoms with Crippen LogP contribution in [0.25, 0.3) is 0 Å². The zero-order chi connectivity index (χ0) is 18.8. The molecule has 7 nitrogen and oxygen atoms in total. The van der Waals surface area contributed by atoms with Crippen molar-refractivity contribution in [2.24, 2.45) is 0 Å². The molecule has 28 heavy (non-hydrogen) atoms. The predicted octanol–water partition coefficient (Wildman–Crippen LogP) is 0.495. The SMILES string of the molecule is C1CCN(N2CCOC(N3CCCC3)C2(C2CCCN2)N2CCNCC2)CC1. The van der Waals surface area contributed by atoms with Crippen LogP contribution in [0.5, 0.6) is 0 Å². The fourth-order valence-electron chi connectivity index (χ4n) is 6.48. The van der Waals surface area contributed by atoms with Gasteiger partial charge < -0.3 is 15.4 Å². The molecule has 3 unspecified atom stereocenters. The monoisotopic (exact) mass is 392 g/mol. The van der Waals surface area contributed by atoms with Crippen molar-refractivity contribution in [2.75, 3.05) is 72.1 Å². The van der Waals surface area contributed by atoms with E-state index in [9.17, 15) is 0 Å². The lowest BCUT2D eigenvalue weighted by atomic mass is 9.89. The Kier molecular flexibility index (Phi) is 6.21. The van der Waals surface area contributed by atoms with E-state index in [2.05, 4.69) is 30.5 Å². The maximum Gasteiger partial charge on any atom is 0.145 e. The van der Waals surface area contributed by atoms with Crippen molar-refractivity contribution in [1.29, 1.82) is 0 Å². The molecule has 0 bridgehead atoms. The highest BCUT2D eigenvalue weighted by atomic mass is 16.5. The van der Waals surface area contributed by atoms with Crippen LogP contribution in [-0.4, -0.2) is 110 Å². The molecule has 2 N–H and O–H groups in total. The molecule has 5 fully saturated rings. The fourth-order valence-corrected chi connectivity index (χ4v) is 6.48. The third-order valence-electron chi connectivity index (χ3n) is 7.70. The number of likely N-dealkylation sites (tertiary alicyclic amines) is 1. The van der Waals surface area contributed by atoms with Gasteiger partial charge in [0.15, 0.2) is 0 Å². The Morgan fingerprint density at radius 2 is 1.50 bits per heavy atom. The van der Waals surface area contributed by atoms with Crippen LogP contribution in [0.15, 0.2) is 0 Å². The van der Waals surface area contributed by atoms with Gasteiger partial charge in [-0.3, -0.25) is 9.80 Å². The van der Waals surface area contributed by atoms with E-state index < -0.39 is 0 Å². The summed E-state index contributed by atoms with van der Waals surface area (Å²) in [7, 11) is 0. The van der Waals surface area contributed by atoms with E-state index in [4.69, 9.17) is 4.74 Å². The topological polar surface area (TPSA) is 46.3 Å². The van der Waals surface area contributed by atoms with Gasteiger partial charge in [-0.15, -0.1) is 0 Å². The lowest BCUT2D eigenvalue weighted by Gasteiger charge is -2.64. The number of hydrazine groups is 1. The molecule has 5 rings (SSSR count). The number of nitrogens with zero attached hydrogens (tertiary/aromatic N) is 4. The molecule has 0 aromatic carbocycles. The van der Waals surface area contributed by atoms with Gasteiger partial charge in [0.1, 0.15) is 11.9 Å². The first-order valence-electron chi connectivity index (χ1n) is 12.0. The maximum atomic E-state index is 6.72. The summed E-state index contributed by atoms with van der Waals surface area (Å²) in [6.45, 7) is 12.3. The molecule has 5 aliphatic heterocycles. The zero-order valence-electron chi connectivity index (χ0n) is 17.6. The molecule has 0 amide bonds. The zero-order valence-corrected chi connectivity index (χ0v) is 17.6. The largest absolute Gasteiger partial charge is 0.358 e. The minimum atomic E-state index is -0.0709. The summed E-state index contributed by atoms with van der Waals surface area (Å²) in [5.74, 6) is 0. The molecule has 5 aliphatic rings. The molecular weight excluding hydrogens is 352 g/mol. The molecule has 0 radical (unpaired) electrons. The van der Waals surface area contributed by atoms with E-state index >= 15 is 0 Å². The Hall–Kier alpha value is -0.280. The molecule has 5 heterocycles. The van der Waals surface area contributed by atoms with Crippen LogP contribution in [0.1, 0.15) is 44.9 Å². The molecule has 0 aromatic heterocycles. The fraction of sp³-hybridized carbons (Fsp3) is 1.00. The van der Waals surface area contributed by atoms with Gasteiger partial charge in [0.2, 0.25) is 0 Å². The van der Waals surface area contributed by atoms with Gasteiger partial charge in [-0.2, -0.15) is 0 Å². The first kappa shape index (κ1) is 19.7. The van der Waals surface area contributed by atoms with Crippen LogP contribution in [0.2, 0.25) is 0 Å². The highest BCUT2D eigenvalue weighted by Crippen LogP contribution is 2.41. The summed E-state index contributed by atoms with van der Waals surface area (Å²) in [6, 6.07) is 0.485. The third kappa shape index (κ3) is 3.43. The summed E-state index contributed by atoms with van der Waals surface area (Å²) < 4.78 is 6.72. The van der Waals surface area contributed by atoms with Crippen molar-refractivity contribution < 1.29 is 4.74 Å². The van der Waals surface area contributed by atoms with E-state index in [1.165, 1.54) is 71.1 Å². The van der Waals surface area contributed by atoms with Crippen LogP contribution in [0, 0.1) is 0 Å². The van der Waals surface area contributed by atoms with Crippen LogP contribution < -0.4 is 10.6 Å². The maximum absolute atomic E-state index is 6.72. The Bertz CT molecular complexity index is 497. The number of ether oxygens (including phenoxy) is 1.